The van der Waals surface area contributed by atoms with Crippen LogP contribution in [0.4, 0.5) is 0 Å². The molecule has 0 saturated heterocycles. The number of nitrogens with zero attached hydrogens (tertiary/aromatic N) is 4. The molecule has 13 aromatic rings. The maximum atomic E-state index is 5.60. The molecular weight excluding hydrogens is 857 g/mol. The Balaban J connectivity index is 1.05. The van der Waals surface area contributed by atoms with E-state index in [0.717, 1.165) is 61.1 Å². The third-order valence-electron chi connectivity index (χ3n) is 13.4. The summed E-state index contributed by atoms with van der Waals surface area (Å²) in [6, 6.07) is 96.5. The zero-order valence-electron chi connectivity index (χ0n) is 37.6. The predicted molar refractivity (Wildman–Crippen MR) is 287 cm³/mol. The number of benzene rings is 10. The van der Waals surface area contributed by atoms with E-state index in [4.69, 9.17) is 9.97 Å². The molecule has 0 aliphatic rings. The molecule has 5 heteroatoms. The maximum absolute atomic E-state index is 5.60. The van der Waals surface area contributed by atoms with Gasteiger partial charge in [0.2, 0.25) is 5.95 Å². The minimum absolute atomic E-state index is 0.613. The first kappa shape index (κ1) is 40.5. The van der Waals surface area contributed by atoms with Gasteiger partial charge in [-0.05, 0) is 108 Å². The van der Waals surface area contributed by atoms with Crippen molar-refractivity contribution in [3.8, 4) is 45.3 Å². The average Bonchev–Trinajstić information content (AvgIpc) is 3.95. The van der Waals surface area contributed by atoms with E-state index in [1.165, 1.54) is 41.4 Å². The Hall–Kier alpha value is -8.77. The van der Waals surface area contributed by atoms with Crippen molar-refractivity contribution in [3.63, 3.8) is 0 Å². The predicted octanol–water partition coefficient (Wildman–Crippen LogP) is 17.0. The topological polar surface area (TPSA) is 35.6 Å². The minimum atomic E-state index is -1.95. The Bertz CT molecular complexity index is 3860. The van der Waals surface area contributed by atoms with Gasteiger partial charge in [0.25, 0.3) is 0 Å². The molecule has 0 unspecified atom stereocenters. The number of hydrogen-bond acceptors (Lipinski definition) is 2. The van der Waals surface area contributed by atoms with Crippen LogP contribution in [-0.2, 0) is 0 Å². The summed E-state index contributed by atoms with van der Waals surface area (Å²) in [6.45, 7) is 0. The lowest BCUT2D eigenvalue weighted by atomic mass is 10.0. The van der Waals surface area contributed by atoms with Crippen LogP contribution in [0.5, 0.6) is 0 Å². The summed E-state index contributed by atoms with van der Waals surface area (Å²) in [5, 5.41) is 4.75. The van der Waals surface area contributed by atoms with Crippen molar-refractivity contribution in [2.75, 3.05) is 0 Å². The van der Waals surface area contributed by atoms with E-state index < -0.39 is 10.0 Å². The standard InChI is InChI=1S/C64H44N4S/c1-5-21-45(22-6-1)46-23-19-24-47(41-46)58-44-59(48-25-20-32-53(42-48)69(50-26-7-2-8-27-50,51-28-9-3-10-29-51)52-30-11-4-12-31-52)66-64(65-58)68-62-38-18-15-35-56(62)57-43-49(39-40-63(57)68)67-60-36-16-13-33-54(60)55-34-14-17-37-61(55)67/h1-44H. The van der Waals surface area contributed by atoms with Crippen LogP contribution >= 0.6 is 10.0 Å². The summed E-state index contributed by atoms with van der Waals surface area (Å²) < 4.78 is 4.65. The van der Waals surface area contributed by atoms with E-state index in [1.54, 1.807) is 0 Å². The largest absolute Gasteiger partial charge is 0.309 e. The summed E-state index contributed by atoms with van der Waals surface area (Å²) in [5.74, 6) is 0.613. The molecule has 0 fully saturated rings. The zero-order chi connectivity index (χ0) is 45.7. The van der Waals surface area contributed by atoms with Gasteiger partial charge in [-0.3, -0.25) is 4.57 Å². The van der Waals surface area contributed by atoms with Crippen LogP contribution in [0.1, 0.15) is 0 Å². The smallest absolute Gasteiger partial charge is 0.235 e. The highest BCUT2D eigenvalue weighted by Gasteiger charge is 2.33. The molecule has 0 atom stereocenters. The van der Waals surface area contributed by atoms with Crippen molar-refractivity contribution in [1.82, 2.24) is 19.1 Å². The Labute approximate surface area is 402 Å². The lowest BCUT2D eigenvalue weighted by Gasteiger charge is -2.42. The third kappa shape index (κ3) is 6.77. The van der Waals surface area contributed by atoms with Gasteiger partial charge in [0, 0.05) is 57.9 Å². The fourth-order valence-electron chi connectivity index (χ4n) is 10.4. The molecule has 10 aromatic carbocycles. The van der Waals surface area contributed by atoms with Crippen molar-refractivity contribution < 1.29 is 0 Å². The number of rotatable bonds is 9. The number of para-hydroxylation sites is 3. The van der Waals surface area contributed by atoms with Crippen LogP contribution in [0.25, 0.3) is 88.9 Å². The summed E-state index contributed by atoms with van der Waals surface area (Å²) in [6.07, 6.45) is 0. The van der Waals surface area contributed by atoms with Crippen LogP contribution in [0.2, 0.25) is 0 Å². The molecule has 0 aliphatic heterocycles. The van der Waals surface area contributed by atoms with Crippen molar-refractivity contribution in [2.24, 2.45) is 0 Å². The van der Waals surface area contributed by atoms with Gasteiger partial charge in [0.1, 0.15) is 0 Å². The quantitative estimate of drug-likeness (QED) is 0.145. The first-order chi connectivity index (χ1) is 34.2. The molecule has 0 amide bonds. The van der Waals surface area contributed by atoms with Gasteiger partial charge in [-0.1, -0.05) is 170 Å². The average molecular weight is 901 g/mol. The Morgan fingerprint density at radius 3 is 1.23 bits per heavy atom. The first-order valence-electron chi connectivity index (χ1n) is 23.4. The molecule has 3 heterocycles. The SMILES string of the molecule is c1ccc(-c2cccc(-c3cc(-c4cccc(S(c5ccccc5)(c5ccccc5)c5ccccc5)c4)nc(-n4c5ccccc5c5cc(-n6c7ccccc7c7ccccc76)ccc54)n3)c2)cc1. The highest BCUT2D eigenvalue weighted by molar-refractivity contribution is 8.34. The number of hydrogen-bond donors (Lipinski definition) is 0. The van der Waals surface area contributed by atoms with Gasteiger partial charge in [-0.15, -0.1) is 10.0 Å². The van der Waals surface area contributed by atoms with E-state index >= 15 is 0 Å². The van der Waals surface area contributed by atoms with Gasteiger partial charge < -0.3 is 4.57 Å². The van der Waals surface area contributed by atoms with Crippen LogP contribution in [0.15, 0.2) is 287 Å². The van der Waals surface area contributed by atoms with Gasteiger partial charge in [-0.25, -0.2) is 9.97 Å². The Morgan fingerprint density at radius 2 is 0.667 bits per heavy atom. The van der Waals surface area contributed by atoms with Gasteiger partial charge >= 0.3 is 0 Å². The summed E-state index contributed by atoms with van der Waals surface area (Å²) in [5.41, 5.74) is 11.6. The normalized spacial score (nSPS) is 12.0. The molecule has 0 N–H and O–H groups in total. The lowest BCUT2D eigenvalue weighted by Crippen LogP contribution is -2.06. The molecule has 3 aromatic heterocycles. The minimum Gasteiger partial charge on any atom is -0.309 e. The molecular formula is C64H44N4S. The molecule has 13 rings (SSSR count). The van der Waals surface area contributed by atoms with Crippen molar-refractivity contribution in [1.29, 1.82) is 0 Å². The van der Waals surface area contributed by atoms with Crippen LogP contribution < -0.4 is 0 Å². The molecule has 0 spiro atoms. The van der Waals surface area contributed by atoms with Crippen molar-refractivity contribution in [2.45, 2.75) is 19.6 Å². The molecule has 4 nitrogen and oxygen atoms in total. The second kappa shape index (κ2) is 16.8. The monoisotopic (exact) mass is 900 g/mol. The van der Waals surface area contributed by atoms with Gasteiger partial charge in [-0.2, -0.15) is 0 Å². The van der Waals surface area contributed by atoms with Crippen LogP contribution in [0.3, 0.4) is 0 Å². The molecule has 0 aliphatic carbocycles. The Morgan fingerprint density at radius 1 is 0.261 bits per heavy atom. The number of aromatic nitrogens is 4. The first-order valence-corrected chi connectivity index (χ1v) is 25.0. The van der Waals surface area contributed by atoms with E-state index in [-0.39, 0.29) is 0 Å². The Kier molecular flexibility index (Phi) is 9.88. The molecule has 0 bridgehead atoms. The highest BCUT2D eigenvalue weighted by atomic mass is 32.3. The number of fused-ring (bicyclic) bond motifs is 6. The van der Waals surface area contributed by atoms with Crippen LogP contribution in [-0.4, -0.2) is 19.1 Å². The maximum Gasteiger partial charge on any atom is 0.235 e. The van der Waals surface area contributed by atoms with Gasteiger partial charge in [0.15, 0.2) is 0 Å². The molecule has 326 valence electrons. The third-order valence-corrected chi connectivity index (χ3v) is 17.3. The van der Waals surface area contributed by atoms with E-state index in [2.05, 4.69) is 276 Å². The second-order valence-electron chi connectivity index (χ2n) is 17.4. The highest BCUT2D eigenvalue weighted by Crippen LogP contribution is 2.73. The van der Waals surface area contributed by atoms with Crippen molar-refractivity contribution >= 4 is 53.6 Å². The molecule has 0 saturated carbocycles. The fraction of sp³-hybridized carbons (Fsp3) is 0. The summed E-state index contributed by atoms with van der Waals surface area (Å²) >= 11 is 0. The van der Waals surface area contributed by atoms with E-state index in [0.29, 0.717) is 5.95 Å². The molecule has 0 radical (unpaired) electrons. The fourth-order valence-corrected chi connectivity index (χ4v) is 14.3. The van der Waals surface area contributed by atoms with E-state index in [1.807, 2.05) is 0 Å². The van der Waals surface area contributed by atoms with E-state index in [9.17, 15) is 0 Å². The zero-order valence-corrected chi connectivity index (χ0v) is 38.4. The van der Waals surface area contributed by atoms with Crippen LogP contribution in [0, 0.1) is 0 Å². The summed E-state index contributed by atoms with van der Waals surface area (Å²) in [7, 11) is -1.95. The summed E-state index contributed by atoms with van der Waals surface area (Å²) in [4.78, 5) is 16.2. The second-order valence-corrected chi connectivity index (χ2v) is 20.5. The lowest BCUT2D eigenvalue weighted by molar-refractivity contribution is 0.995. The van der Waals surface area contributed by atoms with Crippen molar-refractivity contribution in [3.05, 3.63) is 267 Å². The molecule has 69 heavy (non-hydrogen) atoms. The van der Waals surface area contributed by atoms with Gasteiger partial charge in [0.05, 0.1) is 33.5 Å².